The maximum absolute atomic E-state index is 13.2. The fourth-order valence-electron chi connectivity index (χ4n) is 1.86. The van der Waals surface area contributed by atoms with E-state index in [9.17, 15) is 13.2 Å². The Morgan fingerprint density at radius 1 is 0.941 bits per heavy atom. The molecule has 1 unspecified atom stereocenters. The molecule has 0 saturated heterocycles. The van der Waals surface area contributed by atoms with Crippen molar-refractivity contribution in [2.24, 2.45) is 0 Å². The highest BCUT2D eigenvalue weighted by atomic mass is 19.3. The number of hydrogen-bond donors (Lipinski definition) is 0. The van der Waals surface area contributed by atoms with Crippen molar-refractivity contribution in [3.8, 4) is 0 Å². The summed E-state index contributed by atoms with van der Waals surface area (Å²) < 4.78 is 37.5. The Kier molecular flexibility index (Phi) is 9.23. The van der Waals surface area contributed by atoms with Gasteiger partial charge in [0, 0.05) is 0 Å². The molecule has 0 aliphatic rings. The molecule has 0 saturated carbocycles. The van der Waals surface area contributed by atoms with Crippen molar-refractivity contribution in [3.05, 3.63) is 11.9 Å². The highest BCUT2D eigenvalue weighted by molar-refractivity contribution is 5.02. The molecule has 0 aliphatic heterocycles. The second-order valence-corrected chi connectivity index (χ2v) is 4.64. The molecule has 0 aromatic carbocycles. The minimum atomic E-state index is -2.19. The molecule has 102 valence electrons. The molecule has 1 atom stereocenters. The molecule has 0 aliphatic carbocycles. The zero-order chi connectivity index (χ0) is 13.3. The third-order valence-electron chi connectivity index (χ3n) is 2.93. The monoisotopic (exact) mass is 251 g/mol. The number of likely N-dealkylation sites (N-methyl/N-ethyl adjacent to an activating group) is 1. The molecule has 0 bridgehead atoms. The van der Waals surface area contributed by atoms with Gasteiger partial charge in [0.25, 0.3) is 0 Å². The van der Waals surface area contributed by atoms with Crippen molar-refractivity contribution >= 4 is 0 Å². The minimum Gasteiger partial charge on any atom is -0.300 e. The first kappa shape index (κ1) is 16.5. The van der Waals surface area contributed by atoms with Gasteiger partial charge in [0.05, 0.1) is 6.04 Å². The summed E-state index contributed by atoms with van der Waals surface area (Å²) in [6, 6.07) is -0.772. The van der Waals surface area contributed by atoms with Gasteiger partial charge < -0.3 is 4.90 Å². The molecule has 0 rings (SSSR count). The van der Waals surface area contributed by atoms with Crippen molar-refractivity contribution in [1.29, 1.82) is 0 Å². The van der Waals surface area contributed by atoms with Crippen LogP contribution in [0.1, 0.15) is 51.9 Å². The summed E-state index contributed by atoms with van der Waals surface area (Å²) in [7, 11) is 3.26. The lowest BCUT2D eigenvalue weighted by Gasteiger charge is -2.22. The Hall–Kier alpha value is -0.510. The quantitative estimate of drug-likeness (QED) is 0.535. The zero-order valence-electron chi connectivity index (χ0n) is 11.1. The van der Waals surface area contributed by atoms with Crippen LogP contribution in [-0.4, -0.2) is 25.0 Å². The molecule has 0 radical (unpaired) electrons. The first-order valence-corrected chi connectivity index (χ1v) is 6.37. The summed E-state index contributed by atoms with van der Waals surface area (Å²) in [6.07, 6.45) is 4.75. The smallest absolute Gasteiger partial charge is 0.300 e. The van der Waals surface area contributed by atoms with Gasteiger partial charge in [-0.25, -0.2) is 4.39 Å². The van der Waals surface area contributed by atoms with E-state index in [-0.39, 0.29) is 0 Å². The van der Waals surface area contributed by atoms with Crippen molar-refractivity contribution < 1.29 is 13.2 Å². The fraction of sp³-hybridized carbons (Fsp3) is 0.846. The van der Waals surface area contributed by atoms with Crippen LogP contribution in [0.4, 0.5) is 13.2 Å². The van der Waals surface area contributed by atoms with Crippen LogP contribution in [0.2, 0.25) is 0 Å². The highest BCUT2D eigenvalue weighted by Crippen LogP contribution is 2.22. The number of halogens is 3. The van der Waals surface area contributed by atoms with Crippen molar-refractivity contribution in [1.82, 2.24) is 4.90 Å². The first-order chi connectivity index (χ1) is 8.00. The van der Waals surface area contributed by atoms with Gasteiger partial charge in [-0.3, -0.25) is 0 Å². The molecule has 0 heterocycles. The first-order valence-electron chi connectivity index (χ1n) is 6.37. The Labute approximate surface area is 103 Å². The van der Waals surface area contributed by atoms with Gasteiger partial charge in [-0.1, -0.05) is 45.4 Å². The topological polar surface area (TPSA) is 3.24 Å². The van der Waals surface area contributed by atoms with Crippen LogP contribution in [0.15, 0.2) is 11.9 Å². The molecule has 0 aromatic heterocycles. The summed E-state index contributed by atoms with van der Waals surface area (Å²) in [5.41, 5.74) is 0. The molecular weight excluding hydrogens is 227 g/mol. The SMILES string of the molecule is CCCCCCCCC(C(F)=C(F)F)N(C)C. The van der Waals surface area contributed by atoms with E-state index >= 15 is 0 Å². The number of hydrogen-bond acceptors (Lipinski definition) is 1. The molecule has 4 heteroatoms. The second-order valence-electron chi connectivity index (χ2n) is 4.64. The van der Waals surface area contributed by atoms with E-state index in [1.54, 1.807) is 14.1 Å². The molecule has 0 fully saturated rings. The number of unbranched alkanes of at least 4 members (excludes halogenated alkanes) is 5. The van der Waals surface area contributed by atoms with E-state index in [0.717, 1.165) is 19.3 Å². The summed E-state index contributed by atoms with van der Waals surface area (Å²) in [6.45, 7) is 2.15. The molecular formula is C13H24F3N. The van der Waals surface area contributed by atoms with Crippen LogP contribution >= 0.6 is 0 Å². The fourth-order valence-corrected chi connectivity index (χ4v) is 1.86. The summed E-state index contributed by atoms with van der Waals surface area (Å²) in [4.78, 5) is 1.51. The van der Waals surface area contributed by atoms with Crippen molar-refractivity contribution in [3.63, 3.8) is 0 Å². The largest absolute Gasteiger partial charge is 0.303 e. The lowest BCUT2D eigenvalue weighted by molar-refractivity contribution is 0.245. The van der Waals surface area contributed by atoms with Crippen molar-refractivity contribution in [2.75, 3.05) is 14.1 Å². The molecule has 17 heavy (non-hydrogen) atoms. The van der Waals surface area contributed by atoms with E-state index in [1.807, 2.05) is 0 Å². The van der Waals surface area contributed by atoms with E-state index in [2.05, 4.69) is 6.92 Å². The normalized spacial score (nSPS) is 12.9. The third-order valence-corrected chi connectivity index (χ3v) is 2.93. The van der Waals surface area contributed by atoms with Crippen LogP contribution in [0.25, 0.3) is 0 Å². The van der Waals surface area contributed by atoms with Gasteiger partial charge >= 0.3 is 6.08 Å². The molecule has 0 spiro atoms. The summed E-state index contributed by atoms with van der Waals surface area (Å²) in [5, 5.41) is 0. The van der Waals surface area contributed by atoms with E-state index in [4.69, 9.17) is 0 Å². The third kappa shape index (κ3) is 7.42. The van der Waals surface area contributed by atoms with Crippen LogP contribution in [-0.2, 0) is 0 Å². The van der Waals surface area contributed by atoms with Crippen LogP contribution in [0, 0.1) is 0 Å². The molecule has 0 aromatic rings. The van der Waals surface area contributed by atoms with Crippen LogP contribution < -0.4 is 0 Å². The molecule has 0 amide bonds. The van der Waals surface area contributed by atoms with Gasteiger partial charge in [-0.15, -0.1) is 0 Å². The van der Waals surface area contributed by atoms with E-state index in [0.29, 0.717) is 6.42 Å². The average molecular weight is 251 g/mol. The number of rotatable bonds is 9. The molecule has 0 N–H and O–H groups in total. The maximum atomic E-state index is 13.2. The van der Waals surface area contributed by atoms with E-state index < -0.39 is 17.9 Å². The Balaban J connectivity index is 3.92. The number of nitrogens with zero attached hydrogens (tertiary/aromatic N) is 1. The maximum Gasteiger partial charge on any atom is 0.303 e. The van der Waals surface area contributed by atoms with Gasteiger partial charge in [0.2, 0.25) is 0 Å². The van der Waals surface area contributed by atoms with Gasteiger partial charge in [0.15, 0.2) is 5.83 Å². The minimum absolute atomic E-state index is 0.461. The summed E-state index contributed by atoms with van der Waals surface area (Å²) in [5.74, 6) is -1.27. The molecule has 1 nitrogen and oxygen atoms in total. The van der Waals surface area contributed by atoms with Crippen LogP contribution in [0.5, 0.6) is 0 Å². The summed E-state index contributed by atoms with van der Waals surface area (Å²) >= 11 is 0. The van der Waals surface area contributed by atoms with Gasteiger partial charge in [-0.2, -0.15) is 8.78 Å². The van der Waals surface area contributed by atoms with Crippen molar-refractivity contribution in [2.45, 2.75) is 57.9 Å². The Morgan fingerprint density at radius 2 is 1.47 bits per heavy atom. The Morgan fingerprint density at radius 3 is 1.94 bits per heavy atom. The van der Waals surface area contributed by atoms with Crippen LogP contribution in [0.3, 0.4) is 0 Å². The standard InChI is InChI=1S/C13H24F3N/c1-4-5-6-7-8-9-10-11(17(2)3)12(14)13(15)16/h11H,4-10H2,1-3H3. The highest BCUT2D eigenvalue weighted by Gasteiger charge is 2.21. The predicted molar refractivity (Wildman–Crippen MR) is 65.8 cm³/mol. The Bertz CT molecular complexity index is 223. The van der Waals surface area contributed by atoms with Gasteiger partial charge in [-0.05, 0) is 20.5 Å². The van der Waals surface area contributed by atoms with E-state index in [1.165, 1.54) is 24.2 Å². The lowest BCUT2D eigenvalue weighted by atomic mass is 10.0. The second kappa shape index (κ2) is 9.51. The zero-order valence-corrected chi connectivity index (χ0v) is 11.1. The predicted octanol–water partition coefficient (Wildman–Crippen LogP) is 4.74. The lowest BCUT2D eigenvalue weighted by Crippen LogP contribution is -2.28. The average Bonchev–Trinajstić information content (AvgIpc) is 2.26. The van der Waals surface area contributed by atoms with Gasteiger partial charge in [0.1, 0.15) is 0 Å².